The number of halogens is 1. The fourth-order valence-corrected chi connectivity index (χ4v) is 4.64. The highest BCUT2D eigenvalue weighted by Crippen LogP contribution is 2.33. The molecule has 25 heavy (non-hydrogen) atoms. The molecule has 0 aliphatic rings. The number of hydrogen-bond acceptors (Lipinski definition) is 4. The minimum absolute atomic E-state index is 0.165. The van der Waals surface area contributed by atoms with Gasteiger partial charge in [-0.3, -0.25) is 4.98 Å². The summed E-state index contributed by atoms with van der Waals surface area (Å²) in [5.41, 5.74) is 3.61. The Balaban J connectivity index is 2.18. The van der Waals surface area contributed by atoms with Crippen molar-refractivity contribution in [3.05, 3.63) is 63.8 Å². The fraction of sp³-hybridized carbons (Fsp3) is 0.211. The van der Waals surface area contributed by atoms with Crippen LogP contribution in [0, 0.1) is 27.7 Å². The molecule has 3 aromatic rings. The summed E-state index contributed by atoms with van der Waals surface area (Å²) in [6.45, 7) is 7.35. The highest BCUT2D eigenvalue weighted by atomic mass is 35.5. The van der Waals surface area contributed by atoms with Gasteiger partial charge in [0, 0.05) is 11.6 Å². The number of aryl methyl sites for hydroxylation is 2. The Hall–Kier alpha value is -2.11. The van der Waals surface area contributed by atoms with Crippen molar-refractivity contribution in [3.8, 4) is 5.75 Å². The van der Waals surface area contributed by atoms with E-state index in [1.54, 1.807) is 38.2 Å². The van der Waals surface area contributed by atoms with Gasteiger partial charge in [0.15, 0.2) is 5.75 Å². The summed E-state index contributed by atoms with van der Waals surface area (Å²) in [6.07, 6.45) is 1.57. The Labute approximate surface area is 152 Å². The molecule has 0 spiro atoms. The number of nitrogens with zero attached hydrogens (tertiary/aromatic N) is 1. The summed E-state index contributed by atoms with van der Waals surface area (Å²) >= 11 is 6.16. The van der Waals surface area contributed by atoms with Crippen LogP contribution in [-0.2, 0) is 10.1 Å². The van der Waals surface area contributed by atoms with Gasteiger partial charge in [-0.1, -0.05) is 17.7 Å². The molecular weight excluding hydrogens is 358 g/mol. The lowest BCUT2D eigenvalue weighted by Gasteiger charge is -2.16. The van der Waals surface area contributed by atoms with Gasteiger partial charge < -0.3 is 4.18 Å². The molecule has 2 aromatic carbocycles. The quantitative estimate of drug-likeness (QED) is 0.611. The Morgan fingerprint density at radius 1 is 1.00 bits per heavy atom. The summed E-state index contributed by atoms with van der Waals surface area (Å²) < 4.78 is 31.5. The van der Waals surface area contributed by atoms with E-state index in [1.807, 2.05) is 19.9 Å². The first-order chi connectivity index (χ1) is 11.7. The van der Waals surface area contributed by atoms with Gasteiger partial charge in [-0.05, 0) is 74.2 Å². The van der Waals surface area contributed by atoms with Crippen LogP contribution in [0.25, 0.3) is 10.9 Å². The van der Waals surface area contributed by atoms with Crippen molar-refractivity contribution in [1.82, 2.24) is 4.98 Å². The van der Waals surface area contributed by atoms with Crippen molar-refractivity contribution in [2.24, 2.45) is 0 Å². The van der Waals surface area contributed by atoms with Gasteiger partial charge in [0.05, 0.1) is 5.02 Å². The molecule has 0 aliphatic carbocycles. The van der Waals surface area contributed by atoms with E-state index >= 15 is 0 Å². The van der Waals surface area contributed by atoms with Crippen molar-refractivity contribution in [1.29, 1.82) is 0 Å². The molecule has 1 aromatic heterocycles. The Bertz CT molecular complexity index is 1070. The van der Waals surface area contributed by atoms with Crippen LogP contribution in [0.15, 0.2) is 41.4 Å². The lowest BCUT2D eigenvalue weighted by atomic mass is 10.0. The molecule has 0 aliphatic heterocycles. The SMILES string of the molecule is Cc1cc(C)c(C)c(S(=O)(=O)Oc2ccc(Cl)c3cccnc23)c1C. The molecule has 3 rings (SSSR count). The second-order valence-electron chi connectivity index (χ2n) is 6.07. The van der Waals surface area contributed by atoms with Crippen molar-refractivity contribution < 1.29 is 12.6 Å². The van der Waals surface area contributed by atoms with Gasteiger partial charge in [-0.25, -0.2) is 0 Å². The monoisotopic (exact) mass is 375 g/mol. The van der Waals surface area contributed by atoms with E-state index in [-0.39, 0.29) is 10.6 Å². The van der Waals surface area contributed by atoms with Gasteiger partial charge in [-0.15, -0.1) is 0 Å². The Morgan fingerprint density at radius 3 is 2.28 bits per heavy atom. The molecule has 6 heteroatoms. The molecule has 4 nitrogen and oxygen atoms in total. The minimum atomic E-state index is -4.01. The third kappa shape index (κ3) is 3.10. The van der Waals surface area contributed by atoms with Crippen molar-refractivity contribution >= 4 is 32.6 Å². The first-order valence-corrected chi connectivity index (χ1v) is 9.56. The molecule has 0 bridgehead atoms. The highest BCUT2D eigenvalue weighted by Gasteiger charge is 2.25. The van der Waals surface area contributed by atoms with Crippen LogP contribution in [0.2, 0.25) is 5.02 Å². The lowest BCUT2D eigenvalue weighted by molar-refractivity contribution is 0.486. The molecule has 0 unspecified atom stereocenters. The Kier molecular flexibility index (Phi) is 4.47. The van der Waals surface area contributed by atoms with Crippen LogP contribution < -0.4 is 4.18 Å². The standard InChI is InChI=1S/C19H18ClNO3S/c1-11-10-12(2)14(4)19(13(11)3)25(22,23)24-17-8-7-16(20)15-6-5-9-21-18(15)17/h5-10H,1-4H3. The van der Waals surface area contributed by atoms with Gasteiger partial charge in [-0.2, -0.15) is 8.42 Å². The third-order valence-corrected chi connectivity index (χ3v) is 6.27. The van der Waals surface area contributed by atoms with Gasteiger partial charge >= 0.3 is 10.1 Å². The molecule has 0 amide bonds. The van der Waals surface area contributed by atoms with Crippen LogP contribution >= 0.6 is 11.6 Å². The van der Waals surface area contributed by atoms with Gasteiger partial charge in [0.25, 0.3) is 0 Å². The number of aromatic nitrogens is 1. The average Bonchev–Trinajstić information content (AvgIpc) is 2.56. The first kappa shape index (κ1) is 17.7. The summed E-state index contributed by atoms with van der Waals surface area (Å²) in [6, 6.07) is 8.63. The van der Waals surface area contributed by atoms with E-state index in [0.29, 0.717) is 27.1 Å². The molecule has 0 saturated heterocycles. The first-order valence-electron chi connectivity index (χ1n) is 7.77. The molecule has 0 fully saturated rings. The van der Waals surface area contributed by atoms with Crippen LogP contribution in [0.1, 0.15) is 22.3 Å². The van der Waals surface area contributed by atoms with E-state index in [2.05, 4.69) is 4.98 Å². The number of rotatable bonds is 3. The van der Waals surface area contributed by atoms with Gasteiger partial charge in [0.2, 0.25) is 0 Å². The normalized spacial score (nSPS) is 11.7. The Morgan fingerprint density at radius 2 is 1.64 bits per heavy atom. The van der Waals surface area contributed by atoms with Crippen molar-refractivity contribution in [2.45, 2.75) is 32.6 Å². The second kappa shape index (κ2) is 6.32. The van der Waals surface area contributed by atoms with E-state index in [4.69, 9.17) is 15.8 Å². The maximum Gasteiger partial charge on any atom is 0.339 e. The average molecular weight is 376 g/mol. The third-order valence-electron chi connectivity index (χ3n) is 4.43. The maximum absolute atomic E-state index is 13.0. The second-order valence-corrected chi connectivity index (χ2v) is 7.96. The largest absolute Gasteiger partial charge is 0.377 e. The lowest BCUT2D eigenvalue weighted by Crippen LogP contribution is -2.15. The van der Waals surface area contributed by atoms with Crippen LogP contribution in [0.3, 0.4) is 0 Å². The van der Waals surface area contributed by atoms with Crippen LogP contribution in [-0.4, -0.2) is 13.4 Å². The predicted molar refractivity (Wildman–Crippen MR) is 100.0 cm³/mol. The van der Waals surface area contributed by atoms with E-state index in [1.165, 1.54) is 6.07 Å². The molecule has 0 atom stereocenters. The van der Waals surface area contributed by atoms with E-state index in [0.717, 1.165) is 11.1 Å². The van der Waals surface area contributed by atoms with Crippen molar-refractivity contribution in [2.75, 3.05) is 0 Å². The summed E-state index contributed by atoms with van der Waals surface area (Å²) in [5.74, 6) is 0.165. The van der Waals surface area contributed by atoms with Gasteiger partial charge in [0.1, 0.15) is 10.4 Å². The number of fused-ring (bicyclic) bond motifs is 1. The zero-order valence-corrected chi connectivity index (χ0v) is 16.0. The molecule has 1 heterocycles. The van der Waals surface area contributed by atoms with Crippen LogP contribution in [0.4, 0.5) is 0 Å². The topological polar surface area (TPSA) is 56.3 Å². The summed E-state index contributed by atoms with van der Waals surface area (Å²) in [7, 11) is -4.01. The molecule has 0 radical (unpaired) electrons. The smallest absolute Gasteiger partial charge is 0.339 e. The summed E-state index contributed by atoms with van der Waals surface area (Å²) in [5, 5.41) is 1.14. The predicted octanol–water partition coefficient (Wildman–Crippen LogP) is 4.89. The minimum Gasteiger partial charge on any atom is -0.377 e. The van der Waals surface area contributed by atoms with E-state index < -0.39 is 10.1 Å². The number of benzene rings is 2. The summed E-state index contributed by atoms with van der Waals surface area (Å²) in [4.78, 5) is 4.44. The highest BCUT2D eigenvalue weighted by molar-refractivity contribution is 7.87. The molecular formula is C19H18ClNO3S. The molecule has 0 N–H and O–H groups in total. The van der Waals surface area contributed by atoms with Crippen LogP contribution in [0.5, 0.6) is 5.75 Å². The maximum atomic E-state index is 13.0. The molecule has 130 valence electrons. The zero-order valence-electron chi connectivity index (χ0n) is 14.4. The molecule has 0 saturated carbocycles. The number of pyridine rings is 1. The zero-order chi connectivity index (χ0) is 18.4. The van der Waals surface area contributed by atoms with Crippen molar-refractivity contribution in [3.63, 3.8) is 0 Å². The van der Waals surface area contributed by atoms with E-state index in [9.17, 15) is 8.42 Å². The fourth-order valence-electron chi connectivity index (χ4n) is 2.89. The number of hydrogen-bond donors (Lipinski definition) is 0.